The number of nitrogens with one attached hydrogen (secondary N) is 1. The largest absolute Gasteiger partial charge is 0.392 e. The van der Waals surface area contributed by atoms with Crippen LogP contribution < -0.4 is 11.1 Å². The van der Waals surface area contributed by atoms with Crippen LogP contribution in [-0.2, 0) is 15.0 Å². The number of aliphatic hydroxyl groups is 1. The minimum absolute atomic E-state index is 0.0696. The zero-order chi connectivity index (χ0) is 13.3. The van der Waals surface area contributed by atoms with Crippen molar-refractivity contribution in [2.24, 2.45) is 5.73 Å². The lowest BCUT2D eigenvalue weighted by molar-refractivity contribution is -0.121. The lowest BCUT2D eigenvalue weighted by atomic mass is 10.2. The lowest BCUT2D eigenvalue weighted by Crippen LogP contribution is -2.54. The third-order valence-electron chi connectivity index (χ3n) is 3.26. The summed E-state index contributed by atoms with van der Waals surface area (Å²) in [4.78, 5) is 11.3. The van der Waals surface area contributed by atoms with Crippen LogP contribution in [0.25, 0.3) is 0 Å². The van der Waals surface area contributed by atoms with Gasteiger partial charge in [0.2, 0.25) is 5.91 Å². The monoisotopic (exact) mass is 278 g/mol. The van der Waals surface area contributed by atoms with Gasteiger partial charge in [0.1, 0.15) is 6.04 Å². The molecule has 2 atom stereocenters. The topological polar surface area (TPSA) is 116 Å². The van der Waals surface area contributed by atoms with E-state index in [0.717, 1.165) is 4.31 Å². The standard InChI is InChI=1S/C9H18N4O4S/c10-9(15)8-5-7(14)6-13(8)18(16,17)12-3-1-11-2-4-12/h7-8,11,14H,1-6H2,(H2,10,15). The first-order valence-electron chi connectivity index (χ1n) is 5.88. The third kappa shape index (κ3) is 2.50. The molecule has 0 bridgehead atoms. The fraction of sp³-hybridized carbons (Fsp3) is 0.889. The second kappa shape index (κ2) is 5.10. The highest BCUT2D eigenvalue weighted by molar-refractivity contribution is 7.86. The van der Waals surface area contributed by atoms with E-state index in [1.165, 1.54) is 4.31 Å². The van der Waals surface area contributed by atoms with E-state index in [1.807, 2.05) is 0 Å². The maximum absolute atomic E-state index is 12.4. The van der Waals surface area contributed by atoms with E-state index in [2.05, 4.69) is 5.32 Å². The van der Waals surface area contributed by atoms with Crippen molar-refractivity contribution in [1.82, 2.24) is 13.9 Å². The molecule has 9 heteroatoms. The molecule has 0 aromatic heterocycles. The zero-order valence-electron chi connectivity index (χ0n) is 9.95. The number of hydrogen-bond acceptors (Lipinski definition) is 5. The molecule has 2 unspecified atom stereocenters. The van der Waals surface area contributed by atoms with Crippen molar-refractivity contribution in [1.29, 1.82) is 0 Å². The highest BCUT2D eigenvalue weighted by Gasteiger charge is 2.44. The van der Waals surface area contributed by atoms with Crippen LogP contribution in [0.3, 0.4) is 0 Å². The summed E-state index contributed by atoms with van der Waals surface area (Å²) in [6.07, 6.45) is -0.763. The Morgan fingerprint density at radius 2 is 1.94 bits per heavy atom. The van der Waals surface area contributed by atoms with Gasteiger partial charge in [-0.3, -0.25) is 4.79 Å². The van der Waals surface area contributed by atoms with Gasteiger partial charge < -0.3 is 16.2 Å². The Balaban J connectivity index is 2.20. The maximum atomic E-state index is 12.4. The average molecular weight is 278 g/mol. The molecule has 0 aliphatic carbocycles. The average Bonchev–Trinajstić information content (AvgIpc) is 2.73. The van der Waals surface area contributed by atoms with Crippen LogP contribution in [0.5, 0.6) is 0 Å². The molecule has 2 aliphatic heterocycles. The molecule has 4 N–H and O–H groups in total. The molecule has 2 saturated heterocycles. The molecule has 0 aromatic carbocycles. The molecule has 0 saturated carbocycles. The molecule has 0 aromatic rings. The maximum Gasteiger partial charge on any atom is 0.282 e. The van der Waals surface area contributed by atoms with Crippen LogP contribution in [0.2, 0.25) is 0 Å². The summed E-state index contributed by atoms with van der Waals surface area (Å²) >= 11 is 0. The van der Waals surface area contributed by atoms with E-state index in [1.54, 1.807) is 0 Å². The fourth-order valence-corrected chi connectivity index (χ4v) is 4.13. The number of piperazine rings is 1. The number of β-amino-alcohol motifs (C(OH)–C–C–N with tert-alkyl or cyclic N) is 1. The van der Waals surface area contributed by atoms with Gasteiger partial charge in [0, 0.05) is 39.1 Å². The molecule has 2 fully saturated rings. The van der Waals surface area contributed by atoms with E-state index in [9.17, 15) is 18.3 Å². The lowest BCUT2D eigenvalue weighted by Gasteiger charge is -2.32. The van der Waals surface area contributed by atoms with E-state index < -0.39 is 28.3 Å². The fourth-order valence-electron chi connectivity index (χ4n) is 2.32. The first-order valence-corrected chi connectivity index (χ1v) is 7.27. The van der Waals surface area contributed by atoms with Crippen molar-refractivity contribution in [3.63, 3.8) is 0 Å². The second-order valence-electron chi connectivity index (χ2n) is 4.53. The number of hydrogen-bond donors (Lipinski definition) is 3. The summed E-state index contributed by atoms with van der Waals surface area (Å²) in [6.45, 7) is 1.81. The van der Waals surface area contributed by atoms with E-state index in [-0.39, 0.29) is 13.0 Å². The Kier molecular flexibility index (Phi) is 3.87. The molecule has 0 radical (unpaired) electrons. The van der Waals surface area contributed by atoms with Crippen molar-refractivity contribution in [2.75, 3.05) is 32.7 Å². The summed E-state index contributed by atoms with van der Waals surface area (Å²) in [5.41, 5.74) is 5.19. The van der Waals surface area contributed by atoms with Crippen LogP contribution in [-0.4, -0.2) is 72.9 Å². The summed E-state index contributed by atoms with van der Waals surface area (Å²) in [7, 11) is -3.72. The van der Waals surface area contributed by atoms with Crippen LogP contribution in [0.1, 0.15) is 6.42 Å². The first kappa shape index (κ1) is 13.7. The number of nitrogens with two attached hydrogens (primary N) is 1. The van der Waals surface area contributed by atoms with Gasteiger partial charge in [0.25, 0.3) is 10.2 Å². The summed E-state index contributed by atoms with van der Waals surface area (Å²) in [5.74, 6) is -0.717. The molecular weight excluding hydrogens is 260 g/mol. The van der Waals surface area contributed by atoms with Gasteiger partial charge in [0.15, 0.2) is 0 Å². The molecule has 2 heterocycles. The second-order valence-corrected chi connectivity index (χ2v) is 6.42. The zero-order valence-corrected chi connectivity index (χ0v) is 10.8. The predicted octanol–water partition coefficient (Wildman–Crippen LogP) is -2.94. The van der Waals surface area contributed by atoms with Gasteiger partial charge in [-0.2, -0.15) is 17.0 Å². The molecule has 1 amide bonds. The molecule has 0 spiro atoms. The molecule has 8 nitrogen and oxygen atoms in total. The van der Waals surface area contributed by atoms with Crippen molar-refractivity contribution in [3.8, 4) is 0 Å². The minimum atomic E-state index is -3.72. The van der Waals surface area contributed by atoms with E-state index in [4.69, 9.17) is 5.73 Å². The summed E-state index contributed by atoms with van der Waals surface area (Å²) in [6, 6.07) is -0.945. The Hall–Kier alpha value is -0.740. The molecule has 2 aliphatic rings. The van der Waals surface area contributed by atoms with E-state index in [0.29, 0.717) is 26.2 Å². The number of aliphatic hydroxyl groups excluding tert-OH is 1. The van der Waals surface area contributed by atoms with Gasteiger partial charge in [-0.25, -0.2) is 0 Å². The number of amides is 1. The number of rotatable bonds is 3. The highest BCUT2D eigenvalue weighted by atomic mass is 32.2. The van der Waals surface area contributed by atoms with Gasteiger partial charge in [-0.1, -0.05) is 0 Å². The Labute approximate surface area is 106 Å². The first-order chi connectivity index (χ1) is 8.43. The van der Waals surface area contributed by atoms with Crippen LogP contribution in [0.15, 0.2) is 0 Å². The molecule has 104 valence electrons. The van der Waals surface area contributed by atoms with Gasteiger partial charge in [-0.15, -0.1) is 0 Å². The van der Waals surface area contributed by atoms with Crippen molar-refractivity contribution in [3.05, 3.63) is 0 Å². The molecular formula is C9H18N4O4S. The number of carbonyl (C=O) groups excluding carboxylic acids is 1. The van der Waals surface area contributed by atoms with E-state index >= 15 is 0 Å². The van der Waals surface area contributed by atoms with Crippen LogP contribution >= 0.6 is 0 Å². The smallest absolute Gasteiger partial charge is 0.282 e. The summed E-state index contributed by atoms with van der Waals surface area (Å²) in [5, 5.41) is 12.6. The van der Waals surface area contributed by atoms with Gasteiger partial charge >= 0.3 is 0 Å². The van der Waals surface area contributed by atoms with Crippen molar-refractivity contribution in [2.45, 2.75) is 18.6 Å². The van der Waals surface area contributed by atoms with Crippen molar-refractivity contribution >= 4 is 16.1 Å². The number of carbonyl (C=O) groups is 1. The quantitative estimate of drug-likeness (QED) is 0.510. The predicted molar refractivity (Wildman–Crippen MR) is 63.7 cm³/mol. The van der Waals surface area contributed by atoms with Crippen LogP contribution in [0.4, 0.5) is 0 Å². The summed E-state index contributed by atoms with van der Waals surface area (Å²) < 4.78 is 27.0. The number of nitrogens with zero attached hydrogens (tertiary/aromatic N) is 2. The SMILES string of the molecule is NC(=O)C1CC(O)CN1S(=O)(=O)N1CCNCC1. The van der Waals surface area contributed by atoms with Crippen LogP contribution in [0, 0.1) is 0 Å². The Bertz CT molecular complexity index is 420. The van der Waals surface area contributed by atoms with Crippen molar-refractivity contribution < 1.29 is 18.3 Å². The Morgan fingerprint density at radius 3 is 2.50 bits per heavy atom. The minimum Gasteiger partial charge on any atom is -0.392 e. The molecule has 18 heavy (non-hydrogen) atoms. The van der Waals surface area contributed by atoms with Gasteiger partial charge in [-0.05, 0) is 0 Å². The number of primary amides is 1. The van der Waals surface area contributed by atoms with Gasteiger partial charge in [0.05, 0.1) is 6.10 Å². The highest BCUT2D eigenvalue weighted by Crippen LogP contribution is 2.23. The third-order valence-corrected chi connectivity index (χ3v) is 5.27. The molecule has 2 rings (SSSR count). The Morgan fingerprint density at radius 1 is 1.33 bits per heavy atom. The normalized spacial score (nSPS) is 31.6.